The molecular weight excluding hydrogens is 552 g/mol. The van der Waals surface area contributed by atoms with Gasteiger partial charge in [-0.2, -0.15) is 5.10 Å². The largest absolute Gasteiger partial charge is 0.395 e. The average molecular weight is 588 g/mol. The fourth-order valence-electron chi connectivity index (χ4n) is 5.98. The van der Waals surface area contributed by atoms with Crippen molar-refractivity contribution in [2.24, 2.45) is 10.6 Å². The molecule has 0 bridgehead atoms. The predicted molar refractivity (Wildman–Crippen MR) is 152 cm³/mol. The number of aromatic amines is 1. The fraction of sp³-hybridized carbons (Fsp3) is 0.536. The SMILES string of the molecule is Cc1cc(-c2cc(-c3ccc(C(CO)S(N)(=O)=O)cc3N3CCC4(CC3)CC4)n[nH]2)nc(N2CCC(F)(F)CC2)n1. The van der Waals surface area contributed by atoms with Crippen molar-refractivity contribution in [3.05, 3.63) is 41.6 Å². The molecule has 2 aliphatic heterocycles. The van der Waals surface area contributed by atoms with Gasteiger partial charge in [0.2, 0.25) is 16.0 Å². The molecule has 2 aromatic heterocycles. The fourth-order valence-corrected chi connectivity index (χ4v) is 6.72. The smallest absolute Gasteiger partial charge is 0.251 e. The summed E-state index contributed by atoms with van der Waals surface area (Å²) in [5.41, 5.74) is 5.16. The molecule has 1 aliphatic carbocycles. The molecule has 1 aromatic carbocycles. The molecule has 3 fully saturated rings. The number of nitrogens with one attached hydrogen (secondary N) is 1. The zero-order valence-corrected chi connectivity index (χ0v) is 23.8. The van der Waals surface area contributed by atoms with Gasteiger partial charge in [-0.05, 0) is 61.8 Å². The number of nitrogens with zero attached hydrogens (tertiary/aromatic N) is 5. The summed E-state index contributed by atoms with van der Waals surface area (Å²) in [5.74, 6) is -2.24. The molecule has 220 valence electrons. The Labute approximate surface area is 238 Å². The van der Waals surface area contributed by atoms with Crippen LogP contribution in [0.15, 0.2) is 30.3 Å². The number of hydrogen-bond acceptors (Lipinski definition) is 8. The second-order valence-electron chi connectivity index (χ2n) is 11.7. The first-order chi connectivity index (χ1) is 19.5. The number of aliphatic hydroxyl groups excluding tert-OH is 1. The van der Waals surface area contributed by atoms with Crippen molar-refractivity contribution in [1.82, 2.24) is 20.2 Å². The van der Waals surface area contributed by atoms with Crippen molar-refractivity contribution in [2.45, 2.75) is 56.6 Å². The van der Waals surface area contributed by atoms with Crippen molar-refractivity contribution in [1.29, 1.82) is 0 Å². The van der Waals surface area contributed by atoms with E-state index < -0.39 is 27.8 Å². The third kappa shape index (κ3) is 5.80. The maximum absolute atomic E-state index is 13.7. The second kappa shape index (κ2) is 10.3. The van der Waals surface area contributed by atoms with Crippen molar-refractivity contribution in [3.63, 3.8) is 0 Å². The molecule has 13 heteroatoms. The second-order valence-corrected chi connectivity index (χ2v) is 13.5. The number of H-pyrrole nitrogens is 1. The third-order valence-electron chi connectivity index (χ3n) is 8.83. The van der Waals surface area contributed by atoms with Crippen LogP contribution in [0.2, 0.25) is 0 Å². The first kappa shape index (κ1) is 28.0. The Kier molecular flexibility index (Phi) is 7.02. The monoisotopic (exact) mass is 587 g/mol. The quantitative estimate of drug-likeness (QED) is 0.379. The molecule has 1 unspecified atom stereocenters. The standard InChI is InChI=1S/C28H35F2N7O3S/c1-18-14-22(33-26(32-18)37-12-8-28(29,30)9-13-37)23-16-21(34-35-23)20-3-2-19(25(17-38)41(31,39)40)15-24(20)36-10-6-27(4-5-27)7-11-36/h2-3,14-16,25,38H,4-13,17H2,1H3,(H,34,35)(H2,31,39,40). The van der Waals surface area contributed by atoms with Crippen LogP contribution >= 0.6 is 0 Å². The number of benzene rings is 1. The minimum Gasteiger partial charge on any atom is -0.395 e. The van der Waals surface area contributed by atoms with Gasteiger partial charge in [-0.3, -0.25) is 5.10 Å². The Morgan fingerprint density at radius 1 is 0.976 bits per heavy atom. The summed E-state index contributed by atoms with van der Waals surface area (Å²) in [6.45, 7) is 3.28. The molecule has 1 saturated carbocycles. The highest BCUT2D eigenvalue weighted by molar-refractivity contribution is 7.89. The number of aryl methyl sites for hydroxylation is 1. The van der Waals surface area contributed by atoms with Crippen LogP contribution in [0.1, 0.15) is 55.0 Å². The minimum absolute atomic E-state index is 0.185. The summed E-state index contributed by atoms with van der Waals surface area (Å²) in [6.07, 6.45) is 4.21. The van der Waals surface area contributed by atoms with Crippen LogP contribution in [0.3, 0.4) is 0 Å². The Morgan fingerprint density at radius 2 is 1.66 bits per heavy atom. The number of sulfonamides is 1. The minimum atomic E-state index is -4.01. The van der Waals surface area contributed by atoms with Gasteiger partial charge in [0.05, 0.1) is 23.7 Å². The van der Waals surface area contributed by atoms with Crippen molar-refractivity contribution < 1.29 is 22.3 Å². The molecule has 3 aromatic rings. The topological polar surface area (TPSA) is 141 Å². The van der Waals surface area contributed by atoms with Gasteiger partial charge in [-0.25, -0.2) is 32.3 Å². The molecule has 6 rings (SSSR count). The number of piperidine rings is 2. The third-order valence-corrected chi connectivity index (χ3v) is 10.0. The summed E-state index contributed by atoms with van der Waals surface area (Å²) in [4.78, 5) is 13.2. The molecule has 4 N–H and O–H groups in total. The number of alkyl halides is 2. The van der Waals surface area contributed by atoms with Crippen LogP contribution in [0.4, 0.5) is 20.4 Å². The number of primary sulfonamides is 1. The number of halogens is 2. The van der Waals surface area contributed by atoms with Crippen molar-refractivity contribution in [2.75, 3.05) is 42.6 Å². The average Bonchev–Trinajstić information content (AvgIpc) is 3.48. The molecule has 0 amide bonds. The summed E-state index contributed by atoms with van der Waals surface area (Å²) < 4.78 is 51.8. The normalized spacial score (nSPS) is 20.8. The number of hydrogen-bond donors (Lipinski definition) is 3. The summed E-state index contributed by atoms with van der Waals surface area (Å²) in [6, 6.07) is 9.00. The van der Waals surface area contributed by atoms with Gasteiger partial charge < -0.3 is 14.9 Å². The number of aliphatic hydroxyl groups is 1. The zero-order chi connectivity index (χ0) is 29.0. The van der Waals surface area contributed by atoms with Gasteiger partial charge >= 0.3 is 0 Å². The molecule has 41 heavy (non-hydrogen) atoms. The van der Waals surface area contributed by atoms with Gasteiger partial charge in [0.1, 0.15) is 5.25 Å². The highest BCUT2D eigenvalue weighted by Crippen LogP contribution is 2.54. The number of anilines is 2. The molecule has 1 spiro atoms. The lowest BCUT2D eigenvalue weighted by Gasteiger charge is -2.35. The lowest BCUT2D eigenvalue weighted by molar-refractivity contribution is -0.0222. The van der Waals surface area contributed by atoms with E-state index in [1.165, 1.54) is 12.8 Å². The summed E-state index contributed by atoms with van der Waals surface area (Å²) in [5, 5.41) is 21.7. The van der Waals surface area contributed by atoms with Crippen molar-refractivity contribution >= 4 is 21.7 Å². The van der Waals surface area contributed by atoms with Crippen LogP contribution in [0, 0.1) is 12.3 Å². The van der Waals surface area contributed by atoms with Crippen LogP contribution in [-0.4, -0.2) is 72.4 Å². The predicted octanol–water partition coefficient (Wildman–Crippen LogP) is 3.78. The van der Waals surface area contributed by atoms with Gasteiger partial charge in [0, 0.05) is 56.0 Å². The van der Waals surface area contributed by atoms with Crippen molar-refractivity contribution in [3.8, 4) is 22.6 Å². The Balaban J connectivity index is 1.33. The Hall–Kier alpha value is -3.16. The van der Waals surface area contributed by atoms with Crippen LogP contribution in [0.5, 0.6) is 0 Å². The van der Waals surface area contributed by atoms with Crippen LogP contribution in [0.25, 0.3) is 22.6 Å². The van der Waals surface area contributed by atoms with E-state index in [-0.39, 0.29) is 25.9 Å². The van der Waals surface area contributed by atoms with E-state index in [1.54, 1.807) is 17.0 Å². The van der Waals surface area contributed by atoms with Crippen LogP contribution in [-0.2, 0) is 10.0 Å². The summed E-state index contributed by atoms with van der Waals surface area (Å²) in [7, 11) is -4.01. The van der Waals surface area contributed by atoms with E-state index in [0.29, 0.717) is 39.7 Å². The highest BCUT2D eigenvalue weighted by Gasteiger charge is 2.44. The molecule has 1 atom stereocenters. The molecule has 2 saturated heterocycles. The molecule has 4 heterocycles. The summed E-state index contributed by atoms with van der Waals surface area (Å²) >= 11 is 0. The highest BCUT2D eigenvalue weighted by atomic mass is 32.2. The van der Waals surface area contributed by atoms with Crippen LogP contribution < -0.4 is 14.9 Å². The number of aromatic nitrogens is 4. The number of rotatable bonds is 7. The van der Waals surface area contributed by atoms with E-state index >= 15 is 0 Å². The maximum Gasteiger partial charge on any atom is 0.251 e. The lowest BCUT2D eigenvalue weighted by atomic mass is 9.92. The Morgan fingerprint density at radius 3 is 2.29 bits per heavy atom. The van der Waals surface area contributed by atoms with Gasteiger partial charge in [0.15, 0.2) is 0 Å². The van der Waals surface area contributed by atoms with E-state index in [9.17, 15) is 22.3 Å². The van der Waals surface area contributed by atoms with E-state index in [2.05, 4.69) is 25.1 Å². The first-order valence-corrected chi connectivity index (χ1v) is 15.6. The van der Waals surface area contributed by atoms with Gasteiger partial charge in [-0.1, -0.05) is 12.1 Å². The van der Waals surface area contributed by atoms with E-state index in [4.69, 9.17) is 5.14 Å². The Bertz CT molecular complexity index is 1540. The molecular formula is C28H35F2N7O3S. The lowest BCUT2D eigenvalue weighted by Crippen LogP contribution is -2.40. The molecule has 3 aliphatic rings. The van der Waals surface area contributed by atoms with E-state index in [1.807, 2.05) is 25.1 Å². The maximum atomic E-state index is 13.7. The number of nitrogens with two attached hydrogens (primary N) is 1. The van der Waals surface area contributed by atoms with E-state index in [0.717, 1.165) is 37.2 Å². The zero-order valence-electron chi connectivity index (χ0n) is 23.0. The molecule has 0 radical (unpaired) electrons. The molecule has 10 nitrogen and oxygen atoms in total. The van der Waals surface area contributed by atoms with Gasteiger partial charge in [-0.15, -0.1) is 0 Å². The van der Waals surface area contributed by atoms with Gasteiger partial charge in [0.25, 0.3) is 5.92 Å². The first-order valence-electron chi connectivity index (χ1n) is 14.0.